The van der Waals surface area contributed by atoms with Gasteiger partial charge in [-0.25, -0.2) is 8.42 Å². The Hall–Kier alpha value is -2.91. The minimum absolute atomic E-state index is 0.118. The lowest BCUT2D eigenvalue weighted by atomic mass is 9.96. The minimum atomic E-state index is -3.65. The Morgan fingerprint density at radius 2 is 1.69 bits per heavy atom. The van der Waals surface area contributed by atoms with Gasteiger partial charge in [-0.05, 0) is 55.9 Å². The van der Waals surface area contributed by atoms with Crippen LogP contribution in [-0.4, -0.2) is 68.7 Å². The molecule has 1 atom stereocenters. The summed E-state index contributed by atoms with van der Waals surface area (Å²) in [6.45, 7) is 2.09. The number of amides is 2. The van der Waals surface area contributed by atoms with E-state index in [1.807, 2.05) is 36.4 Å². The fraction of sp³-hybridized carbons (Fsp3) is 0.462. The van der Waals surface area contributed by atoms with E-state index < -0.39 is 10.0 Å². The van der Waals surface area contributed by atoms with Crippen molar-refractivity contribution < 1.29 is 18.0 Å². The fourth-order valence-electron chi connectivity index (χ4n) is 5.34. The normalized spacial score (nSPS) is 20.5. The first-order valence-electron chi connectivity index (χ1n) is 12.4. The van der Waals surface area contributed by atoms with Crippen LogP contribution in [0.5, 0.6) is 0 Å². The third-order valence-electron chi connectivity index (χ3n) is 7.29. The Kier molecular flexibility index (Phi) is 6.55. The first-order chi connectivity index (χ1) is 16.9. The molecular weight excluding hydrogens is 464 g/mol. The summed E-state index contributed by atoms with van der Waals surface area (Å²) in [7, 11) is -1.92. The summed E-state index contributed by atoms with van der Waals surface area (Å²) in [5.74, 6) is -0.320. The van der Waals surface area contributed by atoms with Gasteiger partial charge in [0, 0.05) is 33.2 Å². The lowest BCUT2D eigenvalue weighted by molar-refractivity contribution is -0.131. The number of likely N-dealkylation sites (N-methyl/N-ethyl adjacent to an activating group) is 1. The zero-order chi connectivity index (χ0) is 24.6. The van der Waals surface area contributed by atoms with E-state index in [0.717, 1.165) is 49.9 Å². The van der Waals surface area contributed by atoms with Gasteiger partial charge in [0.05, 0.1) is 16.3 Å². The first kappa shape index (κ1) is 23.8. The third-order valence-corrected chi connectivity index (χ3v) is 9.18. The Balaban J connectivity index is 1.47. The van der Waals surface area contributed by atoms with Gasteiger partial charge in [0.1, 0.15) is 12.6 Å². The number of fused-ring (bicyclic) bond motifs is 3. The van der Waals surface area contributed by atoms with Gasteiger partial charge in [0.25, 0.3) is 0 Å². The number of carbonyl (C=O) groups is 2. The van der Waals surface area contributed by atoms with Crippen LogP contribution in [0, 0.1) is 0 Å². The molecule has 2 aromatic carbocycles. The van der Waals surface area contributed by atoms with Crippen molar-refractivity contribution in [2.24, 2.45) is 0 Å². The van der Waals surface area contributed by atoms with E-state index in [1.54, 1.807) is 24.1 Å². The number of hydrogen-bond donors (Lipinski definition) is 0. The molecule has 0 spiro atoms. The van der Waals surface area contributed by atoms with Crippen LogP contribution in [0.2, 0.25) is 0 Å². The van der Waals surface area contributed by atoms with Gasteiger partial charge in [-0.15, -0.1) is 0 Å². The number of rotatable bonds is 6. The molecule has 3 aliphatic rings. The molecule has 0 saturated carbocycles. The molecule has 186 valence electrons. The molecule has 2 fully saturated rings. The Bertz CT molecular complexity index is 1210. The molecule has 2 saturated heterocycles. The maximum atomic E-state index is 13.6. The third kappa shape index (κ3) is 4.54. The molecule has 35 heavy (non-hydrogen) atoms. The topological polar surface area (TPSA) is 81.2 Å². The standard InChI is InChI=1S/C26H32N4O4S/c1-27(18-20-9-3-2-4-10-20)25(31)19-30-24-17-21(35(33,34)28-14-7-8-15-28)12-13-22(24)29-16-6-5-11-23(29)26(30)32/h2-4,9-10,12-13,17,23H,5-8,11,14-16,18-19H2,1H3. The second kappa shape index (κ2) is 9.62. The van der Waals surface area contributed by atoms with Gasteiger partial charge in [0.2, 0.25) is 21.8 Å². The van der Waals surface area contributed by atoms with Gasteiger partial charge in [-0.3, -0.25) is 14.5 Å². The highest BCUT2D eigenvalue weighted by atomic mass is 32.2. The molecule has 0 radical (unpaired) electrons. The van der Waals surface area contributed by atoms with Crippen LogP contribution in [0.25, 0.3) is 0 Å². The summed E-state index contributed by atoms with van der Waals surface area (Å²) in [6.07, 6.45) is 4.38. The maximum absolute atomic E-state index is 13.6. The van der Waals surface area contributed by atoms with E-state index in [-0.39, 0.29) is 29.3 Å². The first-order valence-corrected chi connectivity index (χ1v) is 13.8. The number of nitrogens with zero attached hydrogens (tertiary/aromatic N) is 4. The number of carbonyl (C=O) groups excluding carboxylic acids is 2. The SMILES string of the molecule is CN(Cc1ccccc1)C(=O)CN1C(=O)C2CCCCN2c2ccc(S(=O)(=O)N3CCCC3)cc21. The summed E-state index contributed by atoms with van der Waals surface area (Å²) in [6, 6.07) is 14.4. The Labute approximate surface area is 207 Å². The van der Waals surface area contributed by atoms with E-state index >= 15 is 0 Å². The molecule has 2 amide bonds. The summed E-state index contributed by atoms with van der Waals surface area (Å²) >= 11 is 0. The number of hydrogen-bond acceptors (Lipinski definition) is 5. The van der Waals surface area contributed by atoms with Gasteiger partial charge in [-0.1, -0.05) is 30.3 Å². The Morgan fingerprint density at radius 1 is 0.971 bits per heavy atom. The average molecular weight is 497 g/mol. The highest BCUT2D eigenvalue weighted by Crippen LogP contribution is 2.41. The van der Waals surface area contributed by atoms with Gasteiger partial charge in [-0.2, -0.15) is 4.31 Å². The van der Waals surface area contributed by atoms with Crippen molar-refractivity contribution in [3.8, 4) is 0 Å². The van der Waals surface area contributed by atoms with Crippen LogP contribution in [0.4, 0.5) is 11.4 Å². The van der Waals surface area contributed by atoms with Crippen molar-refractivity contribution >= 4 is 33.2 Å². The molecule has 9 heteroatoms. The van der Waals surface area contributed by atoms with Crippen molar-refractivity contribution in [3.63, 3.8) is 0 Å². The van der Waals surface area contributed by atoms with Crippen LogP contribution >= 0.6 is 0 Å². The maximum Gasteiger partial charge on any atom is 0.250 e. The van der Waals surface area contributed by atoms with Crippen molar-refractivity contribution in [3.05, 3.63) is 54.1 Å². The highest BCUT2D eigenvalue weighted by molar-refractivity contribution is 7.89. The smallest absolute Gasteiger partial charge is 0.250 e. The molecular formula is C26H32N4O4S. The van der Waals surface area contributed by atoms with E-state index in [0.29, 0.717) is 25.3 Å². The quantitative estimate of drug-likeness (QED) is 0.614. The van der Waals surface area contributed by atoms with Gasteiger partial charge >= 0.3 is 0 Å². The van der Waals surface area contributed by atoms with Gasteiger partial charge < -0.3 is 9.80 Å². The van der Waals surface area contributed by atoms with Crippen molar-refractivity contribution in [2.45, 2.75) is 49.6 Å². The van der Waals surface area contributed by atoms with E-state index in [1.165, 1.54) is 9.21 Å². The lowest BCUT2D eigenvalue weighted by Crippen LogP contribution is -2.57. The fourth-order valence-corrected chi connectivity index (χ4v) is 6.88. The zero-order valence-corrected chi connectivity index (χ0v) is 20.9. The molecule has 0 aromatic heterocycles. The molecule has 0 bridgehead atoms. The number of anilines is 2. The molecule has 8 nitrogen and oxygen atoms in total. The summed E-state index contributed by atoms with van der Waals surface area (Å²) in [4.78, 5) is 32.2. The second-order valence-electron chi connectivity index (χ2n) is 9.63. The van der Waals surface area contributed by atoms with Crippen molar-refractivity contribution in [2.75, 3.05) is 43.0 Å². The summed E-state index contributed by atoms with van der Waals surface area (Å²) in [5.41, 5.74) is 2.34. The van der Waals surface area contributed by atoms with E-state index in [4.69, 9.17) is 0 Å². The molecule has 0 aliphatic carbocycles. The highest BCUT2D eigenvalue weighted by Gasteiger charge is 2.41. The average Bonchev–Trinajstić information content (AvgIpc) is 3.43. The molecule has 3 heterocycles. The zero-order valence-electron chi connectivity index (χ0n) is 20.1. The molecule has 2 aromatic rings. The Morgan fingerprint density at radius 3 is 2.43 bits per heavy atom. The largest absolute Gasteiger partial charge is 0.358 e. The number of benzene rings is 2. The number of piperidine rings is 1. The monoisotopic (exact) mass is 496 g/mol. The van der Waals surface area contributed by atoms with Crippen LogP contribution < -0.4 is 9.80 Å². The number of sulfonamides is 1. The van der Waals surface area contributed by atoms with Gasteiger partial charge in [0.15, 0.2) is 0 Å². The van der Waals surface area contributed by atoms with Crippen molar-refractivity contribution in [1.29, 1.82) is 0 Å². The van der Waals surface area contributed by atoms with Crippen LogP contribution in [0.1, 0.15) is 37.7 Å². The predicted molar refractivity (Wildman–Crippen MR) is 135 cm³/mol. The summed E-state index contributed by atoms with van der Waals surface area (Å²) in [5, 5.41) is 0. The molecule has 5 rings (SSSR count). The van der Waals surface area contributed by atoms with E-state index in [9.17, 15) is 18.0 Å². The molecule has 1 unspecified atom stereocenters. The van der Waals surface area contributed by atoms with Crippen LogP contribution in [0.15, 0.2) is 53.4 Å². The van der Waals surface area contributed by atoms with Crippen LogP contribution in [0.3, 0.4) is 0 Å². The lowest BCUT2D eigenvalue weighted by Gasteiger charge is -2.45. The van der Waals surface area contributed by atoms with Crippen LogP contribution in [-0.2, 0) is 26.2 Å². The second-order valence-corrected chi connectivity index (χ2v) is 11.6. The summed E-state index contributed by atoms with van der Waals surface area (Å²) < 4.78 is 28.0. The van der Waals surface area contributed by atoms with E-state index in [2.05, 4.69) is 4.90 Å². The predicted octanol–water partition coefficient (Wildman–Crippen LogP) is 2.84. The molecule has 3 aliphatic heterocycles. The van der Waals surface area contributed by atoms with Crippen molar-refractivity contribution in [1.82, 2.24) is 9.21 Å². The molecule has 0 N–H and O–H groups in total. The minimum Gasteiger partial charge on any atom is -0.358 e.